The van der Waals surface area contributed by atoms with E-state index in [0.29, 0.717) is 12.0 Å². The molecule has 0 aromatic heterocycles. The fourth-order valence-corrected chi connectivity index (χ4v) is 1.70. The smallest absolute Gasteiger partial charge is 0.0114 e. The van der Waals surface area contributed by atoms with Crippen LogP contribution in [0.4, 0.5) is 0 Å². The minimum Gasteiger partial charge on any atom is -0.327 e. The molecule has 1 rings (SSSR count). The molecular formula is C9H18N2. The number of hydrogen-bond acceptors (Lipinski definition) is 2. The molecule has 1 aliphatic rings. The summed E-state index contributed by atoms with van der Waals surface area (Å²) in [4.78, 5) is 2.34. The van der Waals surface area contributed by atoms with Crippen molar-refractivity contribution in [2.75, 3.05) is 20.1 Å². The van der Waals surface area contributed by atoms with Crippen molar-refractivity contribution in [1.82, 2.24) is 4.90 Å². The van der Waals surface area contributed by atoms with Gasteiger partial charge in [-0.2, -0.15) is 0 Å². The fraction of sp³-hybridized carbons (Fsp3) is 0.778. The summed E-state index contributed by atoms with van der Waals surface area (Å²) in [5.74, 6) is 0.693. The van der Waals surface area contributed by atoms with Crippen LogP contribution in [0.15, 0.2) is 12.7 Å². The molecule has 0 aromatic carbocycles. The first-order valence-electron chi connectivity index (χ1n) is 4.29. The summed E-state index contributed by atoms with van der Waals surface area (Å²) in [7, 11) is 2.15. The van der Waals surface area contributed by atoms with Crippen LogP contribution in [0.25, 0.3) is 0 Å². The van der Waals surface area contributed by atoms with Gasteiger partial charge in [0.05, 0.1) is 0 Å². The molecule has 0 saturated carbocycles. The lowest BCUT2D eigenvalue weighted by Gasteiger charge is -2.16. The second-order valence-electron chi connectivity index (χ2n) is 3.50. The van der Waals surface area contributed by atoms with E-state index in [1.165, 1.54) is 13.0 Å². The Morgan fingerprint density at radius 3 is 3.00 bits per heavy atom. The largest absolute Gasteiger partial charge is 0.327 e. The van der Waals surface area contributed by atoms with Crippen LogP contribution in [0.2, 0.25) is 0 Å². The van der Waals surface area contributed by atoms with E-state index in [-0.39, 0.29) is 0 Å². The van der Waals surface area contributed by atoms with Crippen LogP contribution in [-0.4, -0.2) is 31.1 Å². The zero-order valence-electron chi connectivity index (χ0n) is 7.29. The zero-order valence-corrected chi connectivity index (χ0v) is 7.29. The molecule has 2 unspecified atom stereocenters. The van der Waals surface area contributed by atoms with Crippen LogP contribution in [0, 0.1) is 5.92 Å². The first kappa shape index (κ1) is 8.75. The summed E-state index contributed by atoms with van der Waals surface area (Å²) in [6, 6.07) is 0.331. The molecule has 1 aliphatic heterocycles. The maximum atomic E-state index is 5.95. The summed E-state index contributed by atoms with van der Waals surface area (Å²) < 4.78 is 0. The van der Waals surface area contributed by atoms with E-state index in [4.69, 9.17) is 5.73 Å². The molecular weight excluding hydrogens is 136 g/mol. The van der Waals surface area contributed by atoms with Gasteiger partial charge < -0.3 is 10.6 Å². The Morgan fingerprint density at radius 2 is 2.55 bits per heavy atom. The third-order valence-corrected chi connectivity index (χ3v) is 2.47. The second-order valence-corrected chi connectivity index (χ2v) is 3.50. The minimum absolute atomic E-state index is 0.331. The highest BCUT2D eigenvalue weighted by molar-refractivity contribution is 4.86. The van der Waals surface area contributed by atoms with Crippen LogP contribution >= 0.6 is 0 Å². The van der Waals surface area contributed by atoms with Crippen molar-refractivity contribution in [2.45, 2.75) is 18.9 Å². The fourth-order valence-electron chi connectivity index (χ4n) is 1.70. The van der Waals surface area contributed by atoms with Crippen LogP contribution in [-0.2, 0) is 0 Å². The topological polar surface area (TPSA) is 29.3 Å². The van der Waals surface area contributed by atoms with Crippen molar-refractivity contribution in [3.05, 3.63) is 12.7 Å². The third kappa shape index (κ3) is 2.31. The molecule has 1 fully saturated rings. The number of nitrogens with zero attached hydrogens (tertiary/aromatic N) is 1. The molecule has 0 aliphatic carbocycles. The van der Waals surface area contributed by atoms with E-state index >= 15 is 0 Å². The molecule has 0 bridgehead atoms. The highest BCUT2D eigenvalue weighted by atomic mass is 15.1. The van der Waals surface area contributed by atoms with E-state index in [0.717, 1.165) is 13.0 Å². The Hall–Kier alpha value is -0.340. The maximum absolute atomic E-state index is 5.95. The monoisotopic (exact) mass is 154 g/mol. The molecule has 11 heavy (non-hydrogen) atoms. The molecule has 2 nitrogen and oxygen atoms in total. The van der Waals surface area contributed by atoms with Gasteiger partial charge in [-0.25, -0.2) is 0 Å². The van der Waals surface area contributed by atoms with Gasteiger partial charge in [-0.3, -0.25) is 0 Å². The molecule has 0 spiro atoms. The van der Waals surface area contributed by atoms with E-state index in [1.54, 1.807) is 0 Å². The van der Waals surface area contributed by atoms with E-state index < -0.39 is 0 Å². The van der Waals surface area contributed by atoms with Crippen molar-refractivity contribution in [1.29, 1.82) is 0 Å². The number of nitrogens with two attached hydrogens (primary N) is 1. The molecule has 0 amide bonds. The van der Waals surface area contributed by atoms with Gasteiger partial charge in [-0.15, -0.1) is 6.58 Å². The Bertz CT molecular complexity index is 134. The van der Waals surface area contributed by atoms with Gasteiger partial charge in [0.25, 0.3) is 0 Å². The Kier molecular flexibility index (Phi) is 3.09. The van der Waals surface area contributed by atoms with Gasteiger partial charge in [0.2, 0.25) is 0 Å². The van der Waals surface area contributed by atoms with Crippen molar-refractivity contribution >= 4 is 0 Å². The number of hydrogen-bond donors (Lipinski definition) is 1. The van der Waals surface area contributed by atoms with Crippen LogP contribution in [0.1, 0.15) is 12.8 Å². The van der Waals surface area contributed by atoms with Gasteiger partial charge >= 0.3 is 0 Å². The lowest BCUT2D eigenvalue weighted by atomic mass is 9.97. The lowest BCUT2D eigenvalue weighted by molar-refractivity contribution is 0.370. The van der Waals surface area contributed by atoms with Crippen molar-refractivity contribution in [3.8, 4) is 0 Å². The van der Waals surface area contributed by atoms with Gasteiger partial charge in [-0.1, -0.05) is 6.08 Å². The van der Waals surface area contributed by atoms with Crippen LogP contribution in [0.3, 0.4) is 0 Å². The van der Waals surface area contributed by atoms with Crippen molar-refractivity contribution in [3.63, 3.8) is 0 Å². The van der Waals surface area contributed by atoms with Crippen molar-refractivity contribution in [2.24, 2.45) is 11.7 Å². The highest BCUT2D eigenvalue weighted by Gasteiger charge is 2.23. The van der Waals surface area contributed by atoms with E-state index in [9.17, 15) is 0 Å². The predicted molar refractivity (Wildman–Crippen MR) is 48.4 cm³/mol. The summed E-state index contributed by atoms with van der Waals surface area (Å²) in [6.45, 7) is 6.06. The first-order chi connectivity index (χ1) is 5.24. The molecule has 2 heteroatoms. The van der Waals surface area contributed by atoms with Gasteiger partial charge in [-0.05, 0) is 32.4 Å². The average Bonchev–Trinajstić information content (AvgIpc) is 2.36. The van der Waals surface area contributed by atoms with Gasteiger partial charge in [0.1, 0.15) is 0 Å². The van der Waals surface area contributed by atoms with Crippen LogP contribution < -0.4 is 5.73 Å². The standard InChI is InChI=1S/C9H18N2/c1-3-4-9(10)8-5-6-11(2)7-8/h3,8-9H,1,4-7,10H2,2H3. The Morgan fingerprint density at radius 1 is 1.82 bits per heavy atom. The minimum atomic E-state index is 0.331. The Balaban J connectivity index is 2.30. The van der Waals surface area contributed by atoms with Gasteiger partial charge in [0.15, 0.2) is 0 Å². The second kappa shape index (κ2) is 3.88. The zero-order chi connectivity index (χ0) is 8.27. The number of rotatable bonds is 3. The molecule has 1 heterocycles. The SMILES string of the molecule is C=CCC(N)C1CCN(C)C1. The summed E-state index contributed by atoms with van der Waals surface area (Å²) in [5, 5.41) is 0. The summed E-state index contributed by atoms with van der Waals surface area (Å²) in [5.41, 5.74) is 5.95. The van der Waals surface area contributed by atoms with Gasteiger partial charge in [0, 0.05) is 12.6 Å². The van der Waals surface area contributed by atoms with E-state index in [2.05, 4.69) is 18.5 Å². The molecule has 0 aromatic rings. The Labute approximate surface area is 69.1 Å². The normalized spacial score (nSPS) is 28.7. The molecule has 1 saturated heterocycles. The third-order valence-electron chi connectivity index (χ3n) is 2.47. The molecule has 2 atom stereocenters. The summed E-state index contributed by atoms with van der Waals surface area (Å²) in [6.07, 6.45) is 4.13. The van der Waals surface area contributed by atoms with E-state index in [1.807, 2.05) is 6.08 Å². The molecule has 64 valence electrons. The van der Waals surface area contributed by atoms with Crippen LogP contribution in [0.5, 0.6) is 0 Å². The van der Waals surface area contributed by atoms with Crippen molar-refractivity contribution < 1.29 is 0 Å². The average molecular weight is 154 g/mol. The number of likely N-dealkylation sites (tertiary alicyclic amines) is 1. The lowest BCUT2D eigenvalue weighted by Crippen LogP contribution is -2.31. The predicted octanol–water partition coefficient (Wildman–Crippen LogP) is 0.841. The quantitative estimate of drug-likeness (QED) is 0.610. The molecule has 2 N–H and O–H groups in total. The first-order valence-corrected chi connectivity index (χ1v) is 4.29. The molecule has 0 radical (unpaired) electrons. The summed E-state index contributed by atoms with van der Waals surface area (Å²) >= 11 is 0. The maximum Gasteiger partial charge on any atom is 0.0114 e. The highest BCUT2D eigenvalue weighted by Crippen LogP contribution is 2.18.